The Morgan fingerprint density at radius 2 is 1.67 bits per heavy atom. The van der Waals surface area contributed by atoms with Crippen LogP contribution in [0, 0.1) is 0 Å². The van der Waals surface area contributed by atoms with Gasteiger partial charge >= 0.3 is 0 Å². The number of rotatable bonds is 3. The van der Waals surface area contributed by atoms with Gasteiger partial charge in [-0.05, 0) is 17.7 Å². The summed E-state index contributed by atoms with van der Waals surface area (Å²) < 4.78 is 15.4. The largest absolute Gasteiger partial charge is 0.497 e. The van der Waals surface area contributed by atoms with Gasteiger partial charge in [0, 0.05) is 6.07 Å². The lowest BCUT2D eigenvalue weighted by atomic mass is 9.96. The Balaban J connectivity index is 2.37. The van der Waals surface area contributed by atoms with Crippen molar-refractivity contribution in [2.75, 3.05) is 27.4 Å². The van der Waals surface area contributed by atoms with E-state index in [4.69, 9.17) is 14.2 Å². The van der Waals surface area contributed by atoms with Gasteiger partial charge in [-0.2, -0.15) is 12.6 Å². The van der Waals surface area contributed by atoms with E-state index in [9.17, 15) is 0 Å². The molecule has 1 fully saturated rings. The third-order valence-corrected chi connectivity index (χ3v) is 3.09. The van der Waals surface area contributed by atoms with Gasteiger partial charge in [0.1, 0.15) is 11.5 Å². The third-order valence-electron chi connectivity index (χ3n) is 2.57. The molecule has 1 heterocycles. The molecule has 0 atom stereocenters. The van der Waals surface area contributed by atoms with Gasteiger partial charge in [-0.15, -0.1) is 0 Å². The van der Waals surface area contributed by atoms with Gasteiger partial charge in [0.15, 0.2) is 0 Å². The van der Waals surface area contributed by atoms with Crippen LogP contribution in [-0.4, -0.2) is 27.4 Å². The first-order valence-electron chi connectivity index (χ1n) is 4.71. The maximum Gasteiger partial charge on any atom is 0.122 e. The Morgan fingerprint density at radius 1 is 1.13 bits per heavy atom. The van der Waals surface area contributed by atoms with Crippen LogP contribution in [0.3, 0.4) is 0 Å². The van der Waals surface area contributed by atoms with Crippen molar-refractivity contribution in [1.82, 2.24) is 0 Å². The highest BCUT2D eigenvalue weighted by atomic mass is 32.1. The Morgan fingerprint density at radius 3 is 2.00 bits per heavy atom. The maximum absolute atomic E-state index is 5.21. The summed E-state index contributed by atoms with van der Waals surface area (Å²) >= 11 is 4.60. The van der Waals surface area contributed by atoms with Gasteiger partial charge in [0.05, 0.1) is 32.2 Å². The lowest BCUT2D eigenvalue weighted by Crippen LogP contribution is -2.41. The molecule has 0 aromatic heterocycles. The van der Waals surface area contributed by atoms with Crippen molar-refractivity contribution in [2.45, 2.75) is 4.75 Å². The highest BCUT2D eigenvalue weighted by Gasteiger charge is 2.37. The van der Waals surface area contributed by atoms with Crippen LogP contribution in [0.15, 0.2) is 18.2 Å². The number of benzene rings is 1. The van der Waals surface area contributed by atoms with E-state index in [1.807, 2.05) is 18.2 Å². The first kappa shape index (κ1) is 10.6. The fourth-order valence-electron chi connectivity index (χ4n) is 1.54. The fraction of sp³-hybridized carbons (Fsp3) is 0.455. The number of methoxy groups -OCH3 is 2. The summed E-state index contributed by atoms with van der Waals surface area (Å²) in [6.07, 6.45) is 0. The number of hydrogen-bond acceptors (Lipinski definition) is 4. The standard InChI is InChI=1S/C11H14O3S/c1-12-9-3-8(4-10(5-9)13-2)11(15)6-14-7-11/h3-5,15H,6-7H2,1-2H3. The van der Waals surface area contributed by atoms with Crippen LogP contribution in [0.25, 0.3) is 0 Å². The van der Waals surface area contributed by atoms with Crippen molar-refractivity contribution < 1.29 is 14.2 Å². The second-order valence-corrected chi connectivity index (χ2v) is 4.48. The molecule has 4 heteroatoms. The fourth-order valence-corrected chi connectivity index (χ4v) is 1.85. The first-order valence-corrected chi connectivity index (χ1v) is 5.16. The summed E-state index contributed by atoms with van der Waals surface area (Å²) in [5, 5.41) is 0. The summed E-state index contributed by atoms with van der Waals surface area (Å²) in [5.41, 5.74) is 1.08. The van der Waals surface area contributed by atoms with E-state index < -0.39 is 0 Å². The predicted molar refractivity (Wildman–Crippen MR) is 61.0 cm³/mol. The third kappa shape index (κ3) is 1.92. The van der Waals surface area contributed by atoms with Crippen molar-refractivity contribution in [1.29, 1.82) is 0 Å². The molecule has 15 heavy (non-hydrogen) atoms. The van der Waals surface area contributed by atoms with Crippen molar-refractivity contribution in [3.8, 4) is 11.5 Å². The zero-order chi connectivity index (χ0) is 10.9. The van der Waals surface area contributed by atoms with Crippen LogP contribution in [-0.2, 0) is 9.48 Å². The topological polar surface area (TPSA) is 27.7 Å². The van der Waals surface area contributed by atoms with Gasteiger partial charge in [-0.3, -0.25) is 0 Å². The Hall–Kier alpha value is -0.870. The van der Waals surface area contributed by atoms with Crippen molar-refractivity contribution in [2.24, 2.45) is 0 Å². The average molecular weight is 226 g/mol. The molecule has 0 unspecified atom stereocenters. The van der Waals surface area contributed by atoms with Crippen LogP contribution in [0.4, 0.5) is 0 Å². The van der Waals surface area contributed by atoms with Crippen molar-refractivity contribution >= 4 is 12.6 Å². The van der Waals surface area contributed by atoms with Crippen LogP contribution in [0.2, 0.25) is 0 Å². The monoisotopic (exact) mass is 226 g/mol. The maximum atomic E-state index is 5.21. The summed E-state index contributed by atoms with van der Waals surface area (Å²) in [6, 6.07) is 5.79. The SMILES string of the molecule is COc1cc(OC)cc(C2(S)COC2)c1. The highest BCUT2D eigenvalue weighted by Crippen LogP contribution is 2.39. The number of thiol groups is 1. The van der Waals surface area contributed by atoms with Gasteiger partial charge in [0.25, 0.3) is 0 Å². The van der Waals surface area contributed by atoms with E-state index in [1.54, 1.807) is 14.2 Å². The molecule has 2 rings (SSSR count). The normalized spacial score (nSPS) is 18.1. The van der Waals surface area contributed by atoms with E-state index in [0.29, 0.717) is 13.2 Å². The van der Waals surface area contributed by atoms with Gasteiger partial charge in [-0.25, -0.2) is 0 Å². The van der Waals surface area contributed by atoms with E-state index in [0.717, 1.165) is 17.1 Å². The highest BCUT2D eigenvalue weighted by molar-refractivity contribution is 7.81. The molecule has 0 aliphatic carbocycles. The van der Waals surface area contributed by atoms with Crippen molar-refractivity contribution in [3.05, 3.63) is 23.8 Å². The number of hydrogen-bond donors (Lipinski definition) is 1. The molecule has 82 valence electrons. The van der Waals surface area contributed by atoms with Crippen LogP contribution in [0.5, 0.6) is 11.5 Å². The molecular formula is C11H14O3S. The molecular weight excluding hydrogens is 212 g/mol. The van der Waals surface area contributed by atoms with Gasteiger partial charge < -0.3 is 14.2 Å². The van der Waals surface area contributed by atoms with Gasteiger partial charge in [0.2, 0.25) is 0 Å². The second kappa shape index (κ2) is 3.94. The van der Waals surface area contributed by atoms with Crippen LogP contribution < -0.4 is 9.47 Å². The minimum absolute atomic E-state index is 0.193. The number of ether oxygens (including phenoxy) is 3. The average Bonchev–Trinajstić information content (AvgIpc) is 2.25. The first-order chi connectivity index (χ1) is 7.18. The minimum Gasteiger partial charge on any atom is -0.497 e. The van der Waals surface area contributed by atoms with Crippen LogP contribution in [0.1, 0.15) is 5.56 Å². The van der Waals surface area contributed by atoms with Gasteiger partial charge in [-0.1, -0.05) is 0 Å². The summed E-state index contributed by atoms with van der Waals surface area (Å²) in [4.78, 5) is 0. The van der Waals surface area contributed by atoms with E-state index in [1.165, 1.54) is 0 Å². The Kier molecular flexibility index (Phi) is 2.80. The minimum atomic E-state index is -0.193. The zero-order valence-electron chi connectivity index (χ0n) is 8.82. The lowest BCUT2D eigenvalue weighted by Gasteiger charge is -2.37. The molecule has 3 nitrogen and oxygen atoms in total. The Labute approximate surface area is 94.7 Å². The van der Waals surface area contributed by atoms with Crippen LogP contribution >= 0.6 is 12.6 Å². The molecule has 1 aliphatic rings. The predicted octanol–water partition coefficient (Wildman–Crippen LogP) is 1.86. The summed E-state index contributed by atoms with van der Waals surface area (Å²) in [7, 11) is 3.28. The Bertz CT molecular complexity index is 339. The summed E-state index contributed by atoms with van der Waals surface area (Å²) in [6.45, 7) is 1.26. The quantitative estimate of drug-likeness (QED) is 0.797. The molecule has 0 radical (unpaired) electrons. The molecule has 1 aromatic rings. The molecule has 1 aromatic carbocycles. The van der Waals surface area contributed by atoms with E-state index >= 15 is 0 Å². The van der Waals surface area contributed by atoms with E-state index in [-0.39, 0.29) is 4.75 Å². The zero-order valence-corrected chi connectivity index (χ0v) is 9.71. The molecule has 0 bridgehead atoms. The molecule has 0 amide bonds. The smallest absolute Gasteiger partial charge is 0.122 e. The lowest BCUT2D eigenvalue weighted by molar-refractivity contribution is -0.00982. The second-order valence-electron chi connectivity index (χ2n) is 3.63. The summed E-state index contributed by atoms with van der Waals surface area (Å²) in [5.74, 6) is 1.56. The molecule has 1 aliphatic heterocycles. The molecule has 0 spiro atoms. The van der Waals surface area contributed by atoms with Crippen molar-refractivity contribution in [3.63, 3.8) is 0 Å². The molecule has 0 N–H and O–H groups in total. The molecule has 0 saturated carbocycles. The van der Waals surface area contributed by atoms with E-state index in [2.05, 4.69) is 12.6 Å². The molecule has 1 saturated heterocycles.